The first-order valence-corrected chi connectivity index (χ1v) is 4.16. The molecule has 11 heavy (non-hydrogen) atoms. The zero-order valence-corrected chi connectivity index (χ0v) is 7.31. The second-order valence-corrected chi connectivity index (χ2v) is 4.16. The molecule has 60 valence electrons. The van der Waals surface area contributed by atoms with Gasteiger partial charge in [0.2, 0.25) is 0 Å². The SMILES string of the molecule is CC1=CCC2C(=C1O)C2(C)C. The lowest BCUT2D eigenvalue weighted by molar-refractivity contribution is 0.415. The molecule has 1 fully saturated rings. The Hall–Kier alpha value is -0.720. The lowest BCUT2D eigenvalue weighted by Gasteiger charge is -2.03. The van der Waals surface area contributed by atoms with E-state index >= 15 is 0 Å². The van der Waals surface area contributed by atoms with Gasteiger partial charge in [-0.25, -0.2) is 0 Å². The Balaban J connectivity index is 2.42. The number of allylic oxidation sites excluding steroid dienone is 3. The van der Waals surface area contributed by atoms with Gasteiger partial charge in [-0.1, -0.05) is 19.9 Å². The van der Waals surface area contributed by atoms with Crippen molar-refractivity contribution in [2.24, 2.45) is 11.3 Å². The van der Waals surface area contributed by atoms with Gasteiger partial charge in [-0.05, 0) is 35.8 Å². The van der Waals surface area contributed by atoms with Crippen molar-refractivity contribution in [3.63, 3.8) is 0 Å². The standard InChI is InChI=1S/C10H14O/c1-6-4-5-7-8(9(6)11)10(7,2)3/h4,7,11H,5H2,1-3H3. The van der Waals surface area contributed by atoms with E-state index in [-0.39, 0.29) is 5.41 Å². The van der Waals surface area contributed by atoms with Crippen LogP contribution in [0, 0.1) is 11.3 Å². The Labute approximate surface area is 67.4 Å². The number of fused-ring (bicyclic) bond motifs is 1. The van der Waals surface area contributed by atoms with Gasteiger partial charge in [0.15, 0.2) is 0 Å². The molecular formula is C10H14O. The van der Waals surface area contributed by atoms with Crippen LogP contribution in [0.2, 0.25) is 0 Å². The fraction of sp³-hybridized carbons (Fsp3) is 0.600. The second kappa shape index (κ2) is 1.71. The van der Waals surface area contributed by atoms with Gasteiger partial charge in [0.25, 0.3) is 0 Å². The average Bonchev–Trinajstić information content (AvgIpc) is 2.46. The van der Waals surface area contributed by atoms with Crippen LogP contribution in [0.25, 0.3) is 0 Å². The van der Waals surface area contributed by atoms with Crippen LogP contribution in [-0.4, -0.2) is 5.11 Å². The molecule has 0 amide bonds. The number of rotatable bonds is 0. The largest absolute Gasteiger partial charge is 0.508 e. The summed E-state index contributed by atoms with van der Waals surface area (Å²) in [6.07, 6.45) is 3.26. The molecule has 0 aromatic rings. The number of aliphatic hydroxyl groups excluding tert-OH is 1. The van der Waals surface area contributed by atoms with Crippen molar-refractivity contribution >= 4 is 0 Å². The van der Waals surface area contributed by atoms with E-state index in [0.717, 1.165) is 12.0 Å². The van der Waals surface area contributed by atoms with E-state index in [9.17, 15) is 5.11 Å². The molecule has 0 radical (unpaired) electrons. The van der Waals surface area contributed by atoms with E-state index in [2.05, 4.69) is 19.9 Å². The van der Waals surface area contributed by atoms with Crippen LogP contribution in [0.4, 0.5) is 0 Å². The lowest BCUT2D eigenvalue weighted by atomic mass is 10.1. The fourth-order valence-electron chi connectivity index (χ4n) is 2.13. The highest BCUT2D eigenvalue weighted by Gasteiger charge is 2.54. The smallest absolute Gasteiger partial charge is 0.118 e. The summed E-state index contributed by atoms with van der Waals surface area (Å²) in [4.78, 5) is 0. The van der Waals surface area contributed by atoms with Crippen molar-refractivity contribution in [3.05, 3.63) is 23.0 Å². The van der Waals surface area contributed by atoms with Gasteiger partial charge in [0.05, 0.1) is 0 Å². The highest BCUT2D eigenvalue weighted by Crippen LogP contribution is 2.63. The van der Waals surface area contributed by atoms with Crippen LogP contribution >= 0.6 is 0 Å². The van der Waals surface area contributed by atoms with E-state index in [4.69, 9.17) is 0 Å². The Morgan fingerprint density at radius 3 is 2.73 bits per heavy atom. The minimum absolute atomic E-state index is 0.276. The van der Waals surface area contributed by atoms with Gasteiger partial charge < -0.3 is 5.11 Å². The third-order valence-electron chi connectivity index (χ3n) is 3.12. The van der Waals surface area contributed by atoms with E-state index in [1.807, 2.05) is 6.92 Å². The van der Waals surface area contributed by atoms with Gasteiger partial charge in [0.1, 0.15) is 5.76 Å². The molecule has 0 aliphatic heterocycles. The minimum atomic E-state index is 0.276. The topological polar surface area (TPSA) is 20.2 Å². The second-order valence-electron chi connectivity index (χ2n) is 4.16. The molecule has 0 heterocycles. The molecule has 1 atom stereocenters. The molecule has 0 aromatic heterocycles. The van der Waals surface area contributed by atoms with Crippen LogP contribution in [0.1, 0.15) is 27.2 Å². The maximum atomic E-state index is 9.63. The number of hydrogen-bond donors (Lipinski definition) is 1. The lowest BCUT2D eigenvalue weighted by Crippen LogP contribution is -1.90. The Morgan fingerprint density at radius 2 is 2.18 bits per heavy atom. The van der Waals surface area contributed by atoms with Gasteiger partial charge in [-0.15, -0.1) is 0 Å². The molecule has 2 aliphatic rings. The van der Waals surface area contributed by atoms with Crippen LogP contribution in [0.5, 0.6) is 0 Å². The van der Waals surface area contributed by atoms with Crippen molar-refractivity contribution in [2.45, 2.75) is 27.2 Å². The van der Waals surface area contributed by atoms with E-state index in [0.29, 0.717) is 11.7 Å². The predicted octanol–water partition coefficient (Wildman–Crippen LogP) is 2.80. The predicted molar refractivity (Wildman–Crippen MR) is 45.3 cm³/mol. The van der Waals surface area contributed by atoms with E-state index in [1.165, 1.54) is 5.57 Å². The summed E-state index contributed by atoms with van der Waals surface area (Å²) in [6, 6.07) is 0. The molecule has 1 saturated carbocycles. The molecule has 2 aliphatic carbocycles. The molecule has 1 heteroatoms. The van der Waals surface area contributed by atoms with Crippen molar-refractivity contribution < 1.29 is 5.11 Å². The molecule has 0 spiro atoms. The Bertz CT molecular complexity index is 269. The average molecular weight is 150 g/mol. The van der Waals surface area contributed by atoms with Crippen LogP contribution in [-0.2, 0) is 0 Å². The third kappa shape index (κ3) is 0.712. The number of hydrogen-bond acceptors (Lipinski definition) is 1. The first kappa shape index (κ1) is 6.96. The summed E-state index contributed by atoms with van der Waals surface area (Å²) >= 11 is 0. The highest BCUT2D eigenvalue weighted by molar-refractivity contribution is 5.48. The van der Waals surface area contributed by atoms with Crippen LogP contribution < -0.4 is 0 Å². The van der Waals surface area contributed by atoms with Gasteiger partial charge in [0, 0.05) is 0 Å². The first-order valence-electron chi connectivity index (χ1n) is 4.16. The van der Waals surface area contributed by atoms with Crippen LogP contribution in [0.3, 0.4) is 0 Å². The van der Waals surface area contributed by atoms with Gasteiger partial charge in [-0.2, -0.15) is 0 Å². The van der Waals surface area contributed by atoms with E-state index < -0.39 is 0 Å². The molecule has 1 nitrogen and oxygen atoms in total. The molecule has 1 unspecified atom stereocenters. The summed E-state index contributed by atoms with van der Waals surface area (Å²) in [5, 5.41) is 9.63. The molecule has 0 saturated heterocycles. The quantitative estimate of drug-likeness (QED) is 0.563. The molecular weight excluding hydrogens is 136 g/mol. The van der Waals surface area contributed by atoms with Crippen molar-refractivity contribution in [3.8, 4) is 0 Å². The number of aliphatic hydroxyl groups is 1. The zero-order valence-electron chi connectivity index (χ0n) is 7.31. The van der Waals surface area contributed by atoms with Gasteiger partial charge in [-0.3, -0.25) is 0 Å². The Morgan fingerprint density at radius 1 is 1.55 bits per heavy atom. The monoisotopic (exact) mass is 150 g/mol. The van der Waals surface area contributed by atoms with Crippen molar-refractivity contribution in [1.82, 2.24) is 0 Å². The fourth-order valence-corrected chi connectivity index (χ4v) is 2.13. The molecule has 2 rings (SSSR count). The molecule has 0 bridgehead atoms. The van der Waals surface area contributed by atoms with Crippen molar-refractivity contribution in [1.29, 1.82) is 0 Å². The summed E-state index contributed by atoms with van der Waals surface area (Å²) in [5.74, 6) is 1.19. The maximum absolute atomic E-state index is 9.63. The molecule has 0 aromatic carbocycles. The maximum Gasteiger partial charge on any atom is 0.118 e. The first-order chi connectivity index (χ1) is 5.05. The highest BCUT2D eigenvalue weighted by atomic mass is 16.3. The summed E-state index contributed by atoms with van der Waals surface area (Å²) in [6.45, 7) is 6.39. The van der Waals surface area contributed by atoms with Gasteiger partial charge >= 0.3 is 0 Å². The summed E-state index contributed by atoms with van der Waals surface area (Å²) < 4.78 is 0. The Kier molecular flexibility index (Phi) is 1.08. The summed E-state index contributed by atoms with van der Waals surface area (Å²) in [7, 11) is 0. The van der Waals surface area contributed by atoms with Crippen LogP contribution in [0.15, 0.2) is 23.0 Å². The zero-order chi connectivity index (χ0) is 8.22. The van der Waals surface area contributed by atoms with E-state index in [1.54, 1.807) is 0 Å². The minimum Gasteiger partial charge on any atom is -0.508 e. The normalized spacial score (nSPS) is 33.0. The van der Waals surface area contributed by atoms with Crippen molar-refractivity contribution in [2.75, 3.05) is 0 Å². The molecule has 1 N–H and O–H groups in total. The summed E-state index contributed by atoms with van der Waals surface area (Å²) in [5.41, 5.74) is 2.61. The third-order valence-corrected chi connectivity index (χ3v) is 3.12.